The molecule has 2 aromatic rings. The van der Waals surface area contributed by atoms with Gasteiger partial charge < -0.3 is 4.74 Å². The summed E-state index contributed by atoms with van der Waals surface area (Å²) in [6.07, 6.45) is 1.42. The van der Waals surface area contributed by atoms with Gasteiger partial charge in [-0.25, -0.2) is 0 Å². The van der Waals surface area contributed by atoms with Gasteiger partial charge in [0.2, 0.25) is 5.78 Å². The molecule has 0 spiro atoms. The maximum atomic E-state index is 12.4. The van der Waals surface area contributed by atoms with Gasteiger partial charge in [-0.05, 0) is 18.2 Å². The second-order valence-electron chi connectivity index (χ2n) is 3.64. The minimum Gasteiger partial charge on any atom is -0.496 e. The summed E-state index contributed by atoms with van der Waals surface area (Å²) < 4.78 is 6.57. The number of ether oxygens (including phenoxy) is 1. The van der Waals surface area contributed by atoms with Crippen LogP contribution in [0, 0.1) is 0 Å². The smallest absolute Gasteiger partial charge is 0.216 e. The van der Waals surface area contributed by atoms with Crippen molar-refractivity contribution in [3.63, 3.8) is 0 Å². The van der Waals surface area contributed by atoms with Gasteiger partial charge in [-0.15, -0.1) is 0 Å². The molecule has 0 aliphatic carbocycles. The fourth-order valence-corrected chi connectivity index (χ4v) is 2.08. The van der Waals surface area contributed by atoms with E-state index in [0.29, 0.717) is 27.1 Å². The molecular formula is C12H10Cl2N2O2. The standard InChI is InChI=1S/C12H10Cl2N2O2/c1-16-11(9(14)6-15-16)12(17)8-5-7(13)3-4-10(8)18-2/h3-6H,1-2H3. The zero-order valence-corrected chi connectivity index (χ0v) is 11.3. The summed E-state index contributed by atoms with van der Waals surface area (Å²) in [5.74, 6) is 0.168. The van der Waals surface area contributed by atoms with Crippen LogP contribution in [-0.2, 0) is 7.05 Å². The van der Waals surface area contributed by atoms with Crippen molar-refractivity contribution < 1.29 is 9.53 Å². The van der Waals surface area contributed by atoms with Crippen LogP contribution < -0.4 is 4.74 Å². The third-order valence-corrected chi connectivity index (χ3v) is 3.03. The molecule has 0 amide bonds. The number of aryl methyl sites for hydroxylation is 1. The van der Waals surface area contributed by atoms with Gasteiger partial charge in [-0.1, -0.05) is 23.2 Å². The topological polar surface area (TPSA) is 44.1 Å². The highest BCUT2D eigenvalue weighted by atomic mass is 35.5. The molecule has 1 aromatic heterocycles. The second-order valence-corrected chi connectivity index (χ2v) is 4.48. The number of benzene rings is 1. The van der Waals surface area contributed by atoms with Crippen molar-refractivity contribution in [1.29, 1.82) is 0 Å². The molecule has 0 N–H and O–H groups in total. The summed E-state index contributed by atoms with van der Waals surface area (Å²) in [6.45, 7) is 0. The largest absolute Gasteiger partial charge is 0.496 e. The Labute approximate surface area is 114 Å². The van der Waals surface area contributed by atoms with Crippen LogP contribution in [0.3, 0.4) is 0 Å². The van der Waals surface area contributed by atoms with Crippen molar-refractivity contribution in [2.24, 2.45) is 7.05 Å². The first-order valence-corrected chi connectivity index (χ1v) is 5.86. The van der Waals surface area contributed by atoms with E-state index in [1.54, 1.807) is 25.2 Å². The van der Waals surface area contributed by atoms with Gasteiger partial charge in [0.1, 0.15) is 11.4 Å². The number of carbonyl (C=O) groups excluding carboxylic acids is 1. The van der Waals surface area contributed by atoms with E-state index in [1.165, 1.54) is 18.0 Å². The van der Waals surface area contributed by atoms with Gasteiger partial charge in [0.15, 0.2) is 0 Å². The average molecular weight is 285 g/mol. The van der Waals surface area contributed by atoms with Crippen LogP contribution >= 0.6 is 23.2 Å². The van der Waals surface area contributed by atoms with Crippen molar-refractivity contribution in [1.82, 2.24) is 9.78 Å². The molecule has 0 saturated carbocycles. The van der Waals surface area contributed by atoms with E-state index in [-0.39, 0.29) is 5.78 Å². The third-order valence-electron chi connectivity index (χ3n) is 2.52. The molecule has 0 fully saturated rings. The normalized spacial score (nSPS) is 10.4. The number of halogens is 2. The number of aromatic nitrogens is 2. The molecule has 1 heterocycles. The van der Waals surface area contributed by atoms with Crippen LogP contribution in [0.4, 0.5) is 0 Å². The Morgan fingerprint density at radius 1 is 1.39 bits per heavy atom. The van der Waals surface area contributed by atoms with Crippen LogP contribution in [0.15, 0.2) is 24.4 Å². The van der Waals surface area contributed by atoms with Crippen molar-refractivity contribution in [3.05, 3.63) is 45.7 Å². The van der Waals surface area contributed by atoms with Crippen molar-refractivity contribution in [2.45, 2.75) is 0 Å². The number of hydrogen-bond donors (Lipinski definition) is 0. The summed E-state index contributed by atoms with van der Waals surface area (Å²) in [6, 6.07) is 4.84. The van der Waals surface area contributed by atoms with Gasteiger partial charge >= 0.3 is 0 Å². The highest BCUT2D eigenvalue weighted by Crippen LogP contribution is 2.27. The number of nitrogens with zero attached hydrogens (tertiary/aromatic N) is 2. The van der Waals surface area contributed by atoms with Gasteiger partial charge in [-0.3, -0.25) is 9.48 Å². The fraction of sp³-hybridized carbons (Fsp3) is 0.167. The van der Waals surface area contributed by atoms with E-state index in [4.69, 9.17) is 27.9 Å². The van der Waals surface area contributed by atoms with E-state index >= 15 is 0 Å². The highest BCUT2D eigenvalue weighted by molar-refractivity contribution is 6.35. The van der Waals surface area contributed by atoms with Gasteiger partial charge in [0.25, 0.3) is 0 Å². The van der Waals surface area contributed by atoms with E-state index in [9.17, 15) is 4.79 Å². The van der Waals surface area contributed by atoms with Crippen molar-refractivity contribution in [3.8, 4) is 5.75 Å². The number of hydrogen-bond acceptors (Lipinski definition) is 3. The van der Waals surface area contributed by atoms with Gasteiger partial charge in [-0.2, -0.15) is 5.10 Å². The van der Waals surface area contributed by atoms with Crippen LogP contribution in [0.2, 0.25) is 10.0 Å². The summed E-state index contributed by atoms with van der Waals surface area (Å²) in [7, 11) is 3.14. The molecule has 0 aliphatic heterocycles. The fourth-order valence-electron chi connectivity index (χ4n) is 1.65. The number of ketones is 1. The molecule has 0 aliphatic rings. The lowest BCUT2D eigenvalue weighted by molar-refractivity contribution is 0.102. The Morgan fingerprint density at radius 3 is 2.67 bits per heavy atom. The van der Waals surface area contributed by atoms with Crippen LogP contribution in [-0.4, -0.2) is 22.7 Å². The van der Waals surface area contributed by atoms with Crippen LogP contribution in [0.1, 0.15) is 16.1 Å². The molecule has 0 saturated heterocycles. The van der Waals surface area contributed by atoms with Crippen LogP contribution in [0.25, 0.3) is 0 Å². The lowest BCUT2D eigenvalue weighted by Gasteiger charge is -2.08. The second kappa shape index (κ2) is 5.00. The first-order valence-electron chi connectivity index (χ1n) is 5.10. The third kappa shape index (κ3) is 2.21. The molecule has 2 rings (SSSR count). The quantitative estimate of drug-likeness (QED) is 0.814. The van der Waals surface area contributed by atoms with Crippen molar-refractivity contribution in [2.75, 3.05) is 7.11 Å². The highest BCUT2D eigenvalue weighted by Gasteiger charge is 2.21. The lowest BCUT2D eigenvalue weighted by Crippen LogP contribution is -2.10. The first-order chi connectivity index (χ1) is 8.54. The Kier molecular flexibility index (Phi) is 3.59. The molecule has 18 heavy (non-hydrogen) atoms. The summed E-state index contributed by atoms with van der Waals surface area (Å²) >= 11 is 11.8. The predicted molar refractivity (Wildman–Crippen MR) is 69.7 cm³/mol. The monoisotopic (exact) mass is 284 g/mol. The molecule has 6 heteroatoms. The number of methoxy groups -OCH3 is 1. The van der Waals surface area contributed by atoms with Crippen LogP contribution in [0.5, 0.6) is 5.75 Å². The average Bonchev–Trinajstić information content (AvgIpc) is 2.68. The van der Waals surface area contributed by atoms with E-state index < -0.39 is 0 Å². The van der Waals surface area contributed by atoms with E-state index in [1.807, 2.05) is 0 Å². The lowest BCUT2D eigenvalue weighted by atomic mass is 10.1. The summed E-state index contributed by atoms with van der Waals surface area (Å²) in [5.41, 5.74) is 0.660. The molecule has 94 valence electrons. The summed E-state index contributed by atoms with van der Waals surface area (Å²) in [5, 5.41) is 4.68. The Bertz CT molecular complexity index is 589. The van der Waals surface area contributed by atoms with Gasteiger partial charge in [0, 0.05) is 12.1 Å². The number of carbonyl (C=O) groups is 1. The Balaban J connectivity index is 2.55. The molecule has 1 aromatic carbocycles. The molecule has 4 nitrogen and oxygen atoms in total. The molecule has 0 bridgehead atoms. The number of rotatable bonds is 3. The maximum Gasteiger partial charge on any atom is 0.216 e. The van der Waals surface area contributed by atoms with Gasteiger partial charge in [0.05, 0.1) is 23.9 Å². The molecule has 0 unspecified atom stereocenters. The first kappa shape index (κ1) is 12.9. The molecule has 0 radical (unpaired) electrons. The molecular weight excluding hydrogens is 275 g/mol. The van der Waals surface area contributed by atoms with E-state index in [2.05, 4.69) is 5.10 Å². The minimum absolute atomic E-state index is 0.278. The Morgan fingerprint density at radius 2 is 2.11 bits per heavy atom. The predicted octanol–water partition coefficient (Wildman–Crippen LogP) is 2.97. The van der Waals surface area contributed by atoms with Crippen molar-refractivity contribution >= 4 is 29.0 Å². The van der Waals surface area contributed by atoms with E-state index in [0.717, 1.165) is 0 Å². The SMILES string of the molecule is COc1ccc(Cl)cc1C(=O)c1c(Cl)cnn1C. The maximum absolute atomic E-state index is 12.4. The zero-order valence-electron chi connectivity index (χ0n) is 9.78. The Hall–Kier alpha value is -1.52. The zero-order chi connectivity index (χ0) is 13.3. The summed E-state index contributed by atoms with van der Waals surface area (Å²) in [4.78, 5) is 12.4. The molecule has 0 atom stereocenters. The minimum atomic E-state index is -0.278.